The zero-order chi connectivity index (χ0) is 28.7. The van der Waals surface area contributed by atoms with E-state index in [1.807, 2.05) is 5.32 Å². The van der Waals surface area contributed by atoms with Crippen molar-refractivity contribution in [2.45, 2.75) is 37.7 Å². The number of aromatic nitrogens is 4. The Labute approximate surface area is 216 Å². The quantitative estimate of drug-likeness (QED) is 0.358. The van der Waals surface area contributed by atoms with Crippen molar-refractivity contribution >= 4 is 29.0 Å². The van der Waals surface area contributed by atoms with Crippen LogP contribution in [0.2, 0.25) is 0 Å². The molecule has 0 aliphatic heterocycles. The number of methoxy groups -OCH3 is 1. The van der Waals surface area contributed by atoms with E-state index in [0.29, 0.717) is 18.5 Å². The summed E-state index contributed by atoms with van der Waals surface area (Å²) in [4.78, 5) is 33.7. The number of benzene rings is 1. The fourth-order valence-electron chi connectivity index (χ4n) is 4.07. The number of rotatable bonds is 8. The molecular weight excluding hydrogens is 481 g/mol. The number of ether oxygens (including phenoxy) is 1. The van der Waals surface area contributed by atoms with E-state index in [4.69, 9.17) is 8.85 Å². The molecule has 12 heteroatoms. The van der Waals surface area contributed by atoms with Crippen molar-refractivity contribution in [1.82, 2.24) is 25.5 Å². The van der Waals surface area contributed by atoms with Gasteiger partial charge in [-0.3, -0.25) is 19.6 Å². The summed E-state index contributed by atoms with van der Waals surface area (Å²) in [5.41, 5.74) is -0.533. The Hall–Kier alpha value is -4.19. The number of nitrogens with one attached hydrogen (secondary N) is 3. The van der Waals surface area contributed by atoms with E-state index in [9.17, 15) is 19.1 Å². The first kappa shape index (κ1) is 20.9. The lowest BCUT2D eigenvalue weighted by atomic mass is 9.78. The van der Waals surface area contributed by atoms with Crippen LogP contribution in [0.4, 0.5) is 21.6 Å². The van der Waals surface area contributed by atoms with E-state index in [0.717, 1.165) is 25.3 Å². The van der Waals surface area contributed by atoms with Gasteiger partial charge in [-0.2, -0.15) is 0 Å². The van der Waals surface area contributed by atoms with Crippen molar-refractivity contribution in [1.29, 1.82) is 0 Å². The molecule has 0 radical (unpaired) electrons. The number of hydrogen-bond donors (Lipinski definition) is 4. The largest absolute Gasteiger partial charge is 0.494 e. The molecule has 0 saturated heterocycles. The van der Waals surface area contributed by atoms with Crippen molar-refractivity contribution in [3.05, 3.63) is 47.8 Å². The number of hydrogen-bond acceptors (Lipinski definition) is 9. The fraction of sp³-hybridized carbons (Fsp3) is 0.360. The van der Waals surface area contributed by atoms with Crippen LogP contribution in [-0.2, 0) is 10.4 Å². The monoisotopic (exact) mass is 510 g/mol. The predicted molar refractivity (Wildman–Crippen MR) is 132 cm³/mol. The highest BCUT2D eigenvalue weighted by Crippen LogP contribution is 2.42. The molecule has 192 valence electrons. The lowest BCUT2D eigenvalue weighted by Gasteiger charge is -2.35. The van der Waals surface area contributed by atoms with E-state index in [-0.39, 0.29) is 46.0 Å². The van der Waals surface area contributed by atoms with Crippen molar-refractivity contribution < 1.29 is 27.9 Å². The molecule has 2 heterocycles. The van der Waals surface area contributed by atoms with E-state index >= 15 is 0 Å². The van der Waals surface area contributed by atoms with Gasteiger partial charge < -0.3 is 25.8 Å². The summed E-state index contributed by atoms with van der Waals surface area (Å²) in [7, 11) is 1.36. The van der Waals surface area contributed by atoms with E-state index < -0.39 is 30.0 Å². The van der Waals surface area contributed by atoms with E-state index in [1.54, 1.807) is 0 Å². The molecule has 2 saturated carbocycles. The van der Waals surface area contributed by atoms with Gasteiger partial charge in [-0.05, 0) is 38.2 Å². The summed E-state index contributed by atoms with van der Waals surface area (Å²) in [5, 5.41) is 25.5. The lowest BCUT2D eigenvalue weighted by Crippen LogP contribution is -2.34. The Kier molecular flexibility index (Phi) is 5.49. The molecule has 11 nitrogen and oxygen atoms in total. The number of halogens is 1. The van der Waals surface area contributed by atoms with Gasteiger partial charge in [0.2, 0.25) is 5.91 Å². The Balaban J connectivity index is 1.52. The fourth-order valence-corrected chi connectivity index (χ4v) is 4.07. The second kappa shape index (κ2) is 9.69. The molecule has 4 N–H and O–H groups in total. The van der Waals surface area contributed by atoms with Gasteiger partial charge in [-0.1, -0.05) is 0 Å². The van der Waals surface area contributed by atoms with Crippen LogP contribution in [0.5, 0.6) is 5.75 Å². The second-order valence-electron chi connectivity index (χ2n) is 9.04. The molecule has 0 bridgehead atoms. The highest BCUT2D eigenvalue weighted by Gasteiger charge is 2.38. The van der Waals surface area contributed by atoms with Crippen molar-refractivity contribution in [2.75, 3.05) is 24.7 Å². The third kappa shape index (κ3) is 4.92. The minimum Gasteiger partial charge on any atom is -0.494 e. The van der Waals surface area contributed by atoms with Crippen molar-refractivity contribution in [2.24, 2.45) is 5.92 Å². The molecule has 37 heavy (non-hydrogen) atoms. The molecule has 2 aliphatic rings. The smallest absolute Gasteiger partial charge is 0.273 e. The molecule has 2 aromatic heterocycles. The van der Waals surface area contributed by atoms with Crippen LogP contribution in [0.1, 0.15) is 52.4 Å². The summed E-state index contributed by atoms with van der Waals surface area (Å²) >= 11 is 0. The summed E-state index contributed by atoms with van der Waals surface area (Å²) in [5.74, 6) is -2.01. The number of carbonyl (C=O) groups excluding carboxylic acids is 2. The zero-order valence-corrected chi connectivity index (χ0v) is 19.8. The van der Waals surface area contributed by atoms with Crippen LogP contribution in [0.3, 0.4) is 0 Å². The predicted octanol–water partition coefficient (Wildman–Crippen LogP) is 2.90. The van der Waals surface area contributed by atoms with Gasteiger partial charge in [0.25, 0.3) is 5.91 Å². The minimum atomic E-state index is -2.81. The lowest BCUT2D eigenvalue weighted by molar-refractivity contribution is -0.117. The van der Waals surface area contributed by atoms with Crippen LogP contribution in [0, 0.1) is 11.7 Å². The van der Waals surface area contributed by atoms with Crippen LogP contribution in [-0.4, -0.2) is 51.2 Å². The van der Waals surface area contributed by atoms with Gasteiger partial charge in [-0.25, -0.2) is 4.39 Å². The molecule has 2 amide bonds. The molecular formula is C25H26FN7O4. The number of carbonyl (C=O) groups is 2. The molecule has 1 aromatic carbocycles. The standard InChI is InChI=1S/C25H26FN7O4/c1-27-24(35)21-16(10-20(32-33-21)31-23(34)13-4-5-13)30-17-9-14(26)8-15(22(17)37-2)18-11-29-19(12-28-18)25(36)6-3-7-25/h8-13,36H,3-7H2,1-2H3,(H,27,35)(H2,30,31,32,34)/i1D3. The second-order valence-corrected chi connectivity index (χ2v) is 9.04. The highest BCUT2D eigenvalue weighted by molar-refractivity contribution is 6.00. The Bertz CT molecular complexity index is 1460. The van der Waals surface area contributed by atoms with Crippen molar-refractivity contribution in [3.63, 3.8) is 0 Å². The first-order valence-electron chi connectivity index (χ1n) is 13.2. The average molecular weight is 511 g/mol. The van der Waals surface area contributed by atoms with Gasteiger partial charge in [0.1, 0.15) is 11.4 Å². The molecule has 0 atom stereocenters. The number of anilines is 3. The third-order valence-electron chi connectivity index (χ3n) is 6.43. The number of amides is 2. The van der Waals surface area contributed by atoms with Gasteiger partial charge in [0, 0.05) is 34.7 Å². The topological polar surface area (TPSA) is 151 Å². The van der Waals surface area contributed by atoms with E-state index in [2.05, 4.69) is 30.8 Å². The van der Waals surface area contributed by atoms with Gasteiger partial charge in [0.15, 0.2) is 17.3 Å². The van der Waals surface area contributed by atoms with Gasteiger partial charge in [-0.15, -0.1) is 10.2 Å². The van der Waals surface area contributed by atoms with E-state index in [1.165, 1.54) is 31.6 Å². The maximum atomic E-state index is 14.9. The summed E-state index contributed by atoms with van der Waals surface area (Å²) in [6.07, 6.45) is 6.38. The number of aliphatic hydroxyl groups is 1. The maximum absolute atomic E-state index is 14.9. The Morgan fingerprint density at radius 2 is 1.97 bits per heavy atom. The van der Waals surface area contributed by atoms with Crippen LogP contribution < -0.4 is 20.7 Å². The summed E-state index contributed by atoms with van der Waals surface area (Å²) < 4.78 is 42.5. The van der Waals surface area contributed by atoms with Crippen molar-refractivity contribution in [3.8, 4) is 17.0 Å². The molecule has 0 unspecified atom stereocenters. The van der Waals surface area contributed by atoms with Crippen LogP contribution in [0.15, 0.2) is 30.6 Å². The normalized spacial score (nSPS) is 17.4. The Morgan fingerprint density at radius 1 is 1.16 bits per heavy atom. The third-order valence-corrected chi connectivity index (χ3v) is 6.43. The van der Waals surface area contributed by atoms with Gasteiger partial charge in [0.05, 0.1) is 42.3 Å². The first-order chi connectivity index (χ1) is 19.0. The highest BCUT2D eigenvalue weighted by atomic mass is 19.1. The average Bonchev–Trinajstić information content (AvgIpc) is 3.72. The molecule has 5 rings (SSSR count). The first-order valence-corrected chi connectivity index (χ1v) is 11.7. The summed E-state index contributed by atoms with van der Waals surface area (Å²) in [6, 6.07) is 3.59. The molecule has 2 aliphatic carbocycles. The molecule has 2 fully saturated rings. The Morgan fingerprint density at radius 3 is 2.59 bits per heavy atom. The SMILES string of the molecule is [2H]C([2H])([2H])NC(=O)c1nnc(NC(=O)C2CC2)cc1Nc1cc(F)cc(-c2cnc(C3(O)CCC3)cn2)c1OC. The number of nitrogens with zero attached hydrogens (tertiary/aromatic N) is 4. The van der Waals surface area contributed by atoms with Crippen LogP contribution >= 0.6 is 0 Å². The minimum absolute atomic E-state index is 0.0100. The van der Waals surface area contributed by atoms with Gasteiger partial charge >= 0.3 is 0 Å². The zero-order valence-electron chi connectivity index (χ0n) is 22.8. The van der Waals surface area contributed by atoms with Crippen LogP contribution in [0.25, 0.3) is 11.3 Å². The molecule has 0 spiro atoms. The molecule has 3 aromatic rings. The summed E-state index contributed by atoms with van der Waals surface area (Å²) in [6.45, 7) is -2.81. The maximum Gasteiger partial charge on any atom is 0.273 e.